The van der Waals surface area contributed by atoms with E-state index >= 15 is 0 Å². The molecule has 0 saturated heterocycles. The largest absolute Gasteiger partial charge is 0.509 e. The van der Waals surface area contributed by atoms with Gasteiger partial charge in [-0.15, -0.1) is 12.4 Å². The molecule has 0 saturated carbocycles. The fourth-order valence-corrected chi connectivity index (χ4v) is 0.331. The molecule has 0 bridgehead atoms. The van der Waals surface area contributed by atoms with E-state index in [-0.39, 0.29) is 18.6 Å². The van der Waals surface area contributed by atoms with Gasteiger partial charge in [0.1, 0.15) is 0 Å². The molecular weight excluding hydrogens is 134 g/mol. The van der Waals surface area contributed by atoms with Crippen molar-refractivity contribution in [3.8, 4) is 0 Å². The quantitative estimate of drug-likeness (QED) is 0.465. The summed E-state index contributed by atoms with van der Waals surface area (Å²) in [5.41, 5.74) is 0. The lowest BCUT2D eigenvalue weighted by Gasteiger charge is -1.58. The lowest BCUT2D eigenvalue weighted by atomic mass is 10.8. The molecule has 2 nitrogen and oxygen atoms in total. The van der Waals surface area contributed by atoms with Gasteiger partial charge in [0.15, 0.2) is 6.16 Å². The van der Waals surface area contributed by atoms with E-state index < -0.39 is 8.03 Å². The lowest BCUT2D eigenvalue weighted by molar-refractivity contribution is 0.506. The van der Waals surface area contributed by atoms with Gasteiger partial charge in [-0.25, -0.2) is 0 Å². The molecule has 0 spiro atoms. The third-order valence-corrected chi connectivity index (χ3v) is 0.856. The first-order valence-electron chi connectivity index (χ1n) is 1.52. The van der Waals surface area contributed by atoms with E-state index in [1.54, 1.807) is 0 Å². The fraction of sp³-hybridized carbons (Fsp3) is 0.333. The van der Waals surface area contributed by atoms with Crippen LogP contribution in [0.3, 0.4) is 0 Å². The molecule has 0 radical (unpaired) electrons. The van der Waals surface area contributed by atoms with E-state index in [4.69, 9.17) is 4.89 Å². The molecule has 0 aromatic heterocycles. The maximum Gasteiger partial charge on any atom is 0.509 e. The maximum absolute atomic E-state index is 9.68. The summed E-state index contributed by atoms with van der Waals surface area (Å²) in [5.74, 6) is 0. The standard InChI is InChI=1S/C3H5O2P.ClH/c1-2-3-6(4)5;/h2H,1,3H2;1H/p+1. The molecule has 1 N–H and O–H groups in total. The van der Waals surface area contributed by atoms with Gasteiger partial charge in [-0.05, 0) is 10.6 Å². The third-order valence-electron chi connectivity index (χ3n) is 0.285. The summed E-state index contributed by atoms with van der Waals surface area (Å²) >= 11 is 0. The SMILES string of the molecule is C=CC[P+](=O)O.Cl. The van der Waals surface area contributed by atoms with Crippen molar-refractivity contribution in [2.45, 2.75) is 0 Å². The molecule has 0 aromatic carbocycles. The highest BCUT2D eigenvalue weighted by atomic mass is 35.5. The topological polar surface area (TPSA) is 37.3 Å². The average molecular weight is 142 g/mol. The second kappa shape index (κ2) is 6.09. The summed E-state index contributed by atoms with van der Waals surface area (Å²) in [4.78, 5) is 7.99. The lowest BCUT2D eigenvalue weighted by Crippen LogP contribution is -1.61. The monoisotopic (exact) mass is 141 g/mol. The first-order valence-corrected chi connectivity index (χ1v) is 2.91. The predicted octanol–water partition coefficient (Wildman–Crippen LogP) is 1.33. The Kier molecular flexibility index (Phi) is 8.83. The Morgan fingerprint density at radius 1 is 1.86 bits per heavy atom. The zero-order valence-corrected chi connectivity index (χ0v) is 5.41. The van der Waals surface area contributed by atoms with Crippen molar-refractivity contribution in [3.05, 3.63) is 12.7 Å². The minimum atomic E-state index is -1.97. The summed E-state index contributed by atoms with van der Waals surface area (Å²) in [6.45, 7) is 3.26. The average Bonchev–Trinajstić information content (AvgIpc) is 1.35. The minimum Gasteiger partial charge on any atom is -0.160 e. The van der Waals surface area contributed by atoms with Crippen LogP contribution >= 0.6 is 20.4 Å². The van der Waals surface area contributed by atoms with E-state index in [1.807, 2.05) is 0 Å². The molecule has 1 atom stereocenters. The van der Waals surface area contributed by atoms with Gasteiger partial charge >= 0.3 is 8.03 Å². The van der Waals surface area contributed by atoms with Crippen molar-refractivity contribution in [1.29, 1.82) is 0 Å². The van der Waals surface area contributed by atoms with Gasteiger partial charge < -0.3 is 0 Å². The van der Waals surface area contributed by atoms with E-state index in [2.05, 4.69) is 6.58 Å². The van der Waals surface area contributed by atoms with Crippen LogP contribution in [0.2, 0.25) is 0 Å². The maximum atomic E-state index is 9.68. The Morgan fingerprint density at radius 2 is 2.29 bits per heavy atom. The Balaban J connectivity index is 0. The van der Waals surface area contributed by atoms with E-state index in [0.29, 0.717) is 0 Å². The Bertz CT molecular complexity index is 73.3. The predicted molar refractivity (Wildman–Crippen MR) is 32.1 cm³/mol. The van der Waals surface area contributed by atoms with Crippen molar-refractivity contribution in [1.82, 2.24) is 0 Å². The van der Waals surface area contributed by atoms with Crippen LogP contribution in [0.15, 0.2) is 12.7 Å². The highest BCUT2D eigenvalue weighted by molar-refractivity contribution is 7.38. The molecule has 1 unspecified atom stereocenters. The second-order valence-corrected chi connectivity index (χ2v) is 1.89. The van der Waals surface area contributed by atoms with Gasteiger partial charge in [-0.2, -0.15) is 4.89 Å². The first-order chi connectivity index (χ1) is 2.77. The summed E-state index contributed by atoms with van der Waals surface area (Å²) < 4.78 is 9.68. The van der Waals surface area contributed by atoms with Gasteiger partial charge in [-0.1, -0.05) is 6.58 Å². The van der Waals surface area contributed by atoms with Crippen molar-refractivity contribution >= 4 is 20.4 Å². The Hall–Kier alpha value is 0.0900. The molecule has 0 heterocycles. The van der Waals surface area contributed by atoms with Gasteiger partial charge in [0.2, 0.25) is 0 Å². The van der Waals surface area contributed by atoms with Gasteiger partial charge in [0.05, 0.1) is 0 Å². The van der Waals surface area contributed by atoms with Crippen LogP contribution in [-0.4, -0.2) is 11.1 Å². The van der Waals surface area contributed by atoms with Crippen LogP contribution in [0, 0.1) is 0 Å². The number of hydrogen-bond acceptors (Lipinski definition) is 1. The summed E-state index contributed by atoms with van der Waals surface area (Å²) in [7, 11) is -1.97. The van der Waals surface area contributed by atoms with Crippen LogP contribution in [0.1, 0.15) is 0 Å². The molecule has 7 heavy (non-hydrogen) atoms. The number of allylic oxidation sites excluding steroid dienone is 1. The number of halogens is 1. The minimum absolute atomic E-state index is 0. The van der Waals surface area contributed by atoms with Crippen LogP contribution in [-0.2, 0) is 4.57 Å². The molecule has 0 rings (SSSR count). The van der Waals surface area contributed by atoms with E-state index in [9.17, 15) is 4.57 Å². The van der Waals surface area contributed by atoms with Crippen LogP contribution in [0.5, 0.6) is 0 Å². The summed E-state index contributed by atoms with van der Waals surface area (Å²) in [6, 6.07) is 0. The molecule has 0 aliphatic heterocycles. The zero-order chi connectivity index (χ0) is 4.99. The van der Waals surface area contributed by atoms with Crippen molar-refractivity contribution in [2.24, 2.45) is 0 Å². The molecule has 4 heteroatoms. The van der Waals surface area contributed by atoms with Crippen molar-refractivity contribution < 1.29 is 9.46 Å². The van der Waals surface area contributed by atoms with Crippen LogP contribution in [0.25, 0.3) is 0 Å². The highest BCUT2D eigenvalue weighted by Crippen LogP contribution is 2.10. The van der Waals surface area contributed by atoms with Crippen molar-refractivity contribution in [3.63, 3.8) is 0 Å². The number of hydrogen-bond donors (Lipinski definition) is 1. The van der Waals surface area contributed by atoms with E-state index in [1.165, 1.54) is 6.08 Å². The van der Waals surface area contributed by atoms with Gasteiger partial charge in [0.25, 0.3) is 0 Å². The third kappa shape index (κ3) is 10.7. The molecular formula is C3H7ClO2P+. The van der Waals surface area contributed by atoms with Crippen LogP contribution < -0.4 is 0 Å². The summed E-state index contributed by atoms with van der Waals surface area (Å²) in [6.07, 6.45) is 1.62. The Morgan fingerprint density at radius 3 is 2.29 bits per heavy atom. The normalized spacial score (nSPS) is 9.00. The molecule has 42 valence electrons. The Labute approximate surface area is 49.5 Å². The highest BCUT2D eigenvalue weighted by Gasteiger charge is 2.01. The molecule has 0 aromatic rings. The number of rotatable bonds is 2. The molecule has 0 aliphatic carbocycles. The summed E-state index contributed by atoms with van der Waals surface area (Å²) in [5, 5.41) is 0. The molecule has 0 fully saturated rings. The second-order valence-electron chi connectivity index (χ2n) is 0.823. The van der Waals surface area contributed by atoms with E-state index in [0.717, 1.165) is 0 Å². The fourth-order valence-electron chi connectivity index (χ4n) is 0.110. The first kappa shape index (κ1) is 10.1. The van der Waals surface area contributed by atoms with Crippen LogP contribution in [0.4, 0.5) is 0 Å². The molecule has 0 amide bonds. The molecule has 0 aliphatic rings. The smallest absolute Gasteiger partial charge is 0.160 e. The van der Waals surface area contributed by atoms with Gasteiger partial charge in [-0.3, -0.25) is 0 Å². The van der Waals surface area contributed by atoms with Gasteiger partial charge in [0, 0.05) is 0 Å². The zero-order valence-electron chi connectivity index (χ0n) is 3.70. The van der Waals surface area contributed by atoms with Crippen molar-refractivity contribution in [2.75, 3.05) is 6.16 Å².